The number of thiophene rings is 1. The number of aryl methyl sites for hydroxylation is 1. The number of hydrogen-bond donors (Lipinski definition) is 2. The Balaban J connectivity index is 1.71. The van der Waals surface area contributed by atoms with Gasteiger partial charge in [0.05, 0.1) is 5.75 Å². The summed E-state index contributed by atoms with van der Waals surface area (Å²) in [7, 11) is -3.52. The van der Waals surface area contributed by atoms with E-state index in [0.29, 0.717) is 0 Å². The number of benzene rings is 2. The molecule has 3 aromatic rings. The minimum absolute atomic E-state index is 0.0615. The van der Waals surface area contributed by atoms with Gasteiger partial charge in [-0.25, -0.2) is 13.1 Å². The molecular formula is C19H21NO3S2. The van der Waals surface area contributed by atoms with Crippen LogP contribution >= 0.6 is 11.3 Å². The van der Waals surface area contributed by atoms with E-state index in [-0.39, 0.29) is 12.3 Å². The number of nitrogens with one attached hydrogen (secondary N) is 1. The van der Waals surface area contributed by atoms with Crippen molar-refractivity contribution in [1.82, 2.24) is 4.72 Å². The molecule has 0 spiro atoms. The number of fused-ring (bicyclic) bond motifs is 1. The standard InChI is InChI=1S/C19H21NO3S2/c1-14-7-9-15(10-8-14)12-25(22,23)20-13-19(2,21)18-11-16-5-3-4-6-17(16)24-18/h3-11,20-21H,12-13H2,1-2H3. The van der Waals surface area contributed by atoms with E-state index >= 15 is 0 Å². The monoisotopic (exact) mass is 375 g/mol. The molecule has 0 radical (unpaired) electrons. The first-order valence-electron chi connectivity index (χ1n) is 7.99. The zero-order valence-corrected chi connectivity index (χ0v) is 15.8. The van der Waals surface area contributed by atoms with Crippen LogP contribution < -0.4 is 4.72 Å². The summed E-state index contributed by atoms with van der Waals surface area (Å²) in [5, 5.41) is 11.8. The van der Waals surface area contributed by atoms with E-state index in [4.69, 9.17) is 0 Å². The molecule has 0 saturated heterocycles. The van der Waals surface area contributed by atoms with Gasteiger partial charge in [0.25, 0.3) is 0 Å². The van der Waals surface area contributed by atoms with Crippen molar-refractivity contribution in [3.63, 3.8) is 0 Å². The molecule has 3 rings (SSSR count). The van der Waals surface area contributed by atoms with Crippen LogP contribution in [0.15, 0.2) is 54.6 Å². The van der Waals surface area contributed by atoms with Crippen LogP contribution in [0.3, 0.4) is 0 Å². The van der Waals surface area contributed by atoms with Gasteiger partial charge < -0.3 is 5.11 Å². The zero-order valence-electron chi connectivity index (χ0n) is 14.2. The molecule has 25 heavy (non-hydrogen) atoms. The highest BCUT2D eigenvalue weighted by Crippen LogP contribution is 2.32. The van der Waals surface area contributed by atoms with Crippen LogP contribution in [0.2, 0.25) is 0 Å². The number of hydrogen-bond acceptors (Lipinski definition) is 4. The van der Waals surface area contributed by atoms with Gasteiger partial charge in [0.1, 0.15) is 5.60 Å². The van der Waals surface area contributed by atoms with Crippen molar-refractivity contribution in [2.24, 2.45) is 0 Å². The molecule has 0 aliphatic carbocycles. The first-order valence-corrected chi connectivity index (χ1v) is 10.5. The van der Waals surface area contributed by atoms with Gasteiger partial charge in [-0.05, 0) is 36.9 Å². The Bertz CT molecular complexity index is 940. The SMILES string of the molecule is Cc1ccc(CS(=O)(=O)NCC(C)(O)c2cc3ccccc3s2)cc1. The molecule has 1 heterocycles. The fourth-order valence-corrected chi connectivity index (χ4v) is 4.88. The second-order valence-electron chi connectivity index (χ2n) is 6.49. The highest BCUT2D eigenvalue weighted by molar-refractivity contribution is 7.88. The molecule has 2 aromatic carbocycles. The quantitative estimate of drug-likeness (QED) is 0.693. The summed E-state index contributed by atoms with van der Waals surface area (Å²) >= 11 is 1.48. The van der Waals surface area contributed by atoms with Crippen molar-refractivity contribution in [3.8, 4) is 0 Å². The summed E-state index contributed by atoms with van der Waals surface area (Å²) in [6, 6.07) is 17.1. The lowest BCUT2D eigenvalue weighted by molar-refractivity contribution is 0.0666. The average molecular weight is 376 g/mol. The molecule has 0 saturated carbocycles. The normalized spacial score (nSPS) is 14.5. The molecule has 6 heteroatoms. The summed E-state index contributed by atoms with van der Waals surface area (Å²) in [5.41, 5.74) is 0.547. The summed E-state index contributed by atoms with van der Waals surface area (Å²) in [6.45, 7) is 3.53. The lowest BCUT2D eigenvalue weighted by Crippen LogP contribution is -2.38. The number of sulfonamides is 1. The topological polar surface area (TPSA) is 66.4 Å². The maximum Gasteiger partial charge on any atom is 0.215 e. The predicted octanol–water partition coefficient (Wildman–Crippen LogP) is 3.54. The molecule has 4 nitrogen and oxygen atoms in total. The minimum atomic E-state index is -3.52. The van der Waals surface area contributed by atoms with Gasteiger partial charge in [0.2, 0.25) is 10.0 Å². The third-order valence-corrected chi connectivity index (χ3v) is 6.74. The van der Waals surface area contributed by atoms with E-state index in [2.05, 4.69) is 4.72 Å². The highest BCUT2D eigenvalue weighted by Gasteiger charge is 2.27. The van der Waals surface area contributed by atoms with Crippen LogP contribution in [-0.4, -0.2) is 20.1 Å². The lowest BCUT2D eigenvalue weighted by atomic mass is 10.1. The fraction of sp³-hybridized carbons (Fsp3) is 0.263. The Morgan fingerprint density at radius 3 is 2.48 bits per heavy atom. The maximum absolute atomic E-state index is 12.3. The van der Waals surface area contributed by atoms with Gasteiger partial charge in [0.15, 0.2) is 0 Å². The largest absolute Gasteiger partial charge is 0.383 e. The van der Waals surface area contributed by atoms with Gasteiger partial charge >= 0.3 is 0 Å². The Morgan fingerprint density at radius 2 is 1.80 bits per heavy atom. The summed E-state index contributed by atoms with van der Waals surface area (Å²) < 4.78 is 28.2. The lowest BCUT2D eigenvalue weighted by Gasteiger charge is -2.22. The van der Waals surface area contributed by atoms with Crippen LogP contribution in [0, 0.1) is 6.92 Å². The Hall–Kier alpha value is -1.73. The molecule has 0 amide bonds. The minimum Gasteiger partial charge on any atom is -0.383 e. The van der Waals surface area contributed by atoms with Crippen LogP contribution in [-0.2, 0) is 21.4 Å². The third-order valence-electron chi connectivity index (χ3n) is 4.07. The Morgan fingerprint density at radius 1 is 1.12 bits per heavy atom. The second kappa shape index (κ2) is 6.88. The van der Waals surface area contributed by atoms with Crippen molar-refractivity contribution < 1.29 is 13.5 Å². The van der Waals surface area contributed by atoms with Gasteiger partial charge in [0, 0.05) is 16.1 Å². The summed E-state index contributed by atoms with van der Waals surface area (Å²) in [4.78, 5) is 0.742. The Labute approximate surface area is 152 Å². The summed E-state index contributed by atoms with van der Waals surface area (Å²) in [6.07, 6.45) is 0. The van der Waals surface area contributed by atoms with E-state index in [1.807, 2.05) is 49.4 Å². The molecule has 132 valence electrons. The Kier molecular flexibility index (Phi) is 4.97. The van der Waals surface area contributed by atoms with E-state index in [1.165, 1.54) is 11.3 Å². The molecule has 2 N–H and O–H groups in total. The van der Waals surface area contributed by atoms with E-state index in [0.717, 1.165) is 26.1 Å². The van der Waals surface area contributed by atoms with Crippen molar-refractivity contribution in [3.05, 3.63) is 70.6 Å². The van der Waals surface area contributed by atoms with Gasteiger partial charge in [-0.2, -0.15) is 0 Å². The molecule has 0 aliphatic heterocycles. The molecule has 1 atom stereocenters. The fourth-order valence-electron chi connectivity index (χ4n) is 2.54. The van der Waals surface area contributed by atoms with Crippen LogP contribution in [0.5, 0.6) is 0 Å². The zero-order chi connectivity index (χ0) is 18.1. The van der Waals surface area contributed by atoms with E-state index in [9.17, 15) is 13.5 Å². The molecule has 1 unspecified atom stereocenters. The van der Waals surface area contributed by atoms with Crippen molar-refractivity contribution >= 4 is 31.4 Å². The van der Waals surface area contributed by atoms with Crippen LogP contribution in [0.1, 0.15) is 22.9 Å². The number of aliphatic hydroxyl groups is 1. The van der Waals surface area contributed by atoms with Gasteiger partial charge in [-0.1, -0.05) is 48.0 Å². The maximum atomic E-state index is 12.3. The van der Waals surface area contributed by atoms with Gasteiger partial charge in [-0.3, -0.25) is 0 Å². The first kappa shape index (κ1) is 18.1. The second-order valence-corrected chi connectivity index (χ2v) is 9.38. The van der Waals surface area contributed by atoms with E-state index < -0.39 is 15.6 Å². The molecule has 0 fully saturated rings. The average Bonchev–Trinajstić information content (AvgIpc) is 3.00. The third kappa shape index (κ3) is 4.46. The highest BCUT2D eigenvalue weighted by atomic mass is 32.2. The molecule has 1 aromatic heterocycles. The van der Waals surface area contributed by atoms with Crippen LogP contribution in [0.25, 0.3) is 10.1 Å². The smallest absolute Gasteiger partial charge is 0.215 e. The molecular weight excluding hydrogens is 354 g/mol. The van der Waals surface area contributed by atoms with Gasteiger partial charge in [-0.15, -0.1) is 11.3 Å². The molecule has 0 bridgehead atoms. The van der Waals surface area contributed by atoms with Crippen molar-refractivity contribution in [2.45, 2.75) is 25.2 Å². The summed E-state index contributed by atoms with van der Waals surface area (Å²) in [5.74, 6) is -0.101. The van der Waals surface area contributed by atoms with Crippen molar-refractivity contribution in [1.29, 1.82) is 0 Å². The number of rotatable bonds is 6. The first-order chi connectivity index (χ1) is 11.8. The van der Waals surface area contributed by atoms with E-state index in [1.54, 1.807) is 19.1 Å². The predicted molar refractivity (Wildman–Crippen MR) is 103 cm³/mol. The van der Waals surface area contributed by atoms with Crippen LogP contribution in [0.4, 0.5) is 0 Å². The molecule has 0 aliphatic rings. The van der Waals surface area contributed by atoms with Crippen molar-refractivity contribution in [2.75, 3.05) is 6.54 Å².